The van der Waals surface area contributed by atoms with Crippen LogP contribution in [0.1, 0.15) is 16.2 Å². The molecule has 1 heterocycles. The van der Waals surface area contributed by atoms with Crippen LogP contribution in [0.25, 0.3) is 16.7 Å². The Morgan fingerprint density at radius 1 is 1.33 bits per heavy atom. The van der Waals surface area contributed by atoms with Gasteiger partial charge in [-0.3, -0.25) is 4.57 Å². The number of carboxylic acid groups (broad SMARTS) is 1. The third-order valence-electron chi connectivity index (χ3n) is 3.23. The average molecular weight is 413 g/mol. The van der Waals surface area contributed by atoms with Gasteiger partial charge in [-0.2, -0.15) is 0 Å². The molecule has 0 fully saturated rings. The molecule has 0 saturated heterocycles. The van der Waals surface area contributed by atoms with Gasteiger partial charge in [0.05, 0.1) is 16.8 Å². The lowest BCUT2D eigenvalue weighted by Gasteiger charge is -2.09. The van der Waals surface area contributed by atoms with Gasteiger partial charge in [-0.05, 0) is 59.8 Å². The highest BCUT2D eigenvalue weighted by Gasteiger charge is 2.17. The molecule has 4 nitrogen and oxygen atoms in total. The Labute approximate surface area is 139 Å². The van der Waals surface area contributed by atoms with Crippen LogP contribution in [0.3, 0.4) is 0 Å². The first-order chi connectivity index (χ1) is 9.99. The molecule has 0 unspecified atom stereocenters. The van der Waals surface area contributed by atoms with E-state index in [0.29, 0.717) is 10.5 Å². The number of imidazole rings is 1. The van der Waals surface area contributed by atoms with E-state index in [1.54, 1.807) is 12.1 Å². The van der Waals surface area contributed by atoms with Crippen molar-refractivity contribution in [3.05, 3.63) is 56.4 Å². The van der Waals surface area contributed by atoms with Crippen LogP contribution >= 0.6 is 34.2 Å². The second-order valence-electron chi connectivity index (χ2n) is 4.57. The second-order valence-corrected chi connectivity index (χ2v) is 6.17. The molecule has 0 bridgehead atoms. The van der Waals surface area contributed by atoms with E-state index in [1.807, 2.05) is 35.8 Å². The fourth-order valence-corrected chi connectivity index (χ4v) is 3.47. The van der Waals surface area contributed by atoms with Gasteiger partial charge in [0.15, 0.2) is 0 Å². The topological polar surface area (TPSA) is 55.1 Å². The largest absolute Gasteiger partial charge is 0.478 e. The summed E-state index contributed by atoms with van der Waals surface area (Å²) in [5.74, 6) is -0.241. The van der Waals surface area contributed by atoms with E-state index in [4.69, 9.17) is 11.6 Å². The number of nitrogens with zero attached hydrogens (tertiary/aromatic N) is 2. The quantitative estimate of drug-likeness (QED) is 0.639. The highest BCUT2D eigenvalue weighted by atomic mass is 127. The molecule has 2 aromatic carbocycles. The zero-order valence-electron chi connectivity index (χ0n) is 11.0. The number of aryl methyl sites for hydroxylation is 1. The number of rotatable bonds is 2. The van der Waals surface area contributed by atoms with Crippen LogP contribution in [-0.4, -0.2) is 20.6 Å². The fraction of sp³-hybridized carbons (Fsp3) is 0.0667. The van der Waals surface area contributed by atoms with Crippen molar-refractivity contribution < 1.29 is 9.90 Å². The molecule has 21 heavy (non-hydrogen) atoms. The summed E-state index contributed by atoms with van der Waals surface area (Å²) in [6, 6.07) is 10.7. The third-order valence-corrected chi connectivity index (χ3v) is 4.33. The number of aromatic carboxylic acids is 1. The van der Waals surface area contributed by atoms with Gasteiger partial charge >= 0.3 is 5.97 Å². The Kier molecular flexibility index (Phi) is 3.62. The number of benzene rings is 2. The van der Waals surface area contributed by atoms with Gasteiger partial charge in [-0.25, -0.2) is 9.78 Å². The van der Waals surface area contributed by atoms with Crippen LogP contribution in [0.5, 0.6) is 0 Å². The van der Waals surface area contributed by atoms with Gasteiger partial charge in [0.1, 0.15) is 11.3 Å². The summed E-state index contributed by atoms with van der Waals surface area (Å²) in [7, 11) is 0. The predicted octanol–water partition coefficient (Wildman–Crippen LogP) is 4.29. The molecule has 106 valence electrons. The van der Waals surface area contributed by atoms with Crippen molar-refractivity contribution in [3.63, 3.8) is 0 Å². The summed E-state index contributed by atoms with van der Waals surface area (Å²) in [6.45, 7) is 1.86. The predicted molar refractivity (Wildman–Crippen MR) is 90.5 cm³/mol. The van der Waals surface area contributed by atoms with Crippen molar-refractivity contribution in [2.45, 2.75) is 6.92 Å². The number of fused-ring (bicyclic) bond motifs is 1. The van der Waals surface area contributed by atoms with E-state index in [-0.39, 0.29) is 5.56 Å². The van der Waals surface area contributed by atoms with Crippen LogP contribution in [0.15, 0.2) is 36.4 Å². The zero-order chi connectivity index (χ0) is 15.1. The van der Waals surface area contributed by atoms with Crippen molar-refractivity contribution in [1.82, 2.24) is 9.55 Å². The Morgan fingerprint density at radius 3 is 2.76 bits per heavy atom. The van der Waals surface area contributed by atoms with E-state index in [1.165, 1.54) is 0 Å². The third kappa shape index (κ3) is 2.40. The first kappa shape index (κ1) is 14.3. The summed E-state index contributed by atoms with van der Waals surface area (Å²) in [4.78, 5) is 15.7. The highest BCUT2D eigenvalue weighted by Crippen LogP contribution is 2.28. The minimum absolute atomic E-state index is 0.207. The van der Waals surface area contributed by atoms with Crippen LogP contribution in [0.2, 0.25) is 5.02 Å². The van der Waals surface area contributed by atoms with Crippen LogP contribution in [0, 0.1) is 10.5 Å². The lowest BCUT2D eigenvalue weighted by atomic mass is 10.2. The van der Waals surface area contributed by atoms with Gasteiger partial charge in [-0.1, -0.05) is 17.7 Å². The molecule has 1 aromatic heterocycles. The Bertz CT molecular complexity index is 873. The van der Waals surface area contributed by atoms with E-state index in [9.17, 15) is 9.90 Å². The molecule has 1 N–H and O–H groups in total. The first-order valence-electron chi connectivity index (χ1n) is 6.16. The maximum Gasteiger partial charge on any atom is 0.337 e. The number of carbonyl (C=O) groups is 1. The van der Waals surface area contributed by atoms with Crippen molar-refractivity contribution in [3.8, 4) is 5.69 Å². The number of hydrogen-bond donors (Lipinski definition) is 1. The van der Waals surface area contributed by atoms with Crippen LogP contribution in [-0.2, 0) is 0 Å². The average Bonchev–Trinajstić information content (AvgIpc) is 2.74. The molecule has 0 atom stereocenters. The summed E-state index contributed by atoms with van der Waals surface area (Å²) in [5, 5.41) is 9.94. The number of carboxylic acids is 1. The number of aromatic nitrogens is 2. The van der Waals surface area contributed by atoms with Crippen molar-refractivity contribution in [2.24, 2.45) is 0 Å². The molecule has 3 aromatic rings. The molecule has 6 heteroatoms. The Balaban J connectivity index is 2.36. The molecular formula is C15H10ClIN2O2. The smallest absolute Gasteiger partial charge is 0.337 e. The highest BCUT2D eigenvalue weighted by molar-refractivity contribution is 14.1. The summed E-state index contributed by atoms with van der Waals surface area (Å²) in [5.41, 5.74) is 2.40. The molecule has 0 spiro atoms. The lowest BCUT2D eigenvalue weighted by molar-refractivity contribution is 0.0699. The van der Waals surface area contributed by atoms with Gasteiger partial charge in [-0.15, -0.1) is 0 Å². The van der Waals surface area contributed by atoms with E-state index >= 15 is 0 Å². The molecule has 0 saturated carbocycles. The van der Waals surface area contributed by atoms with Crippen molar-refractivity contribution in [2.75, 3.05) is 0 Å². The Hall–Kier alpha value is -1.60. The maximum atomic E-state index is 11.3. The summed E-state index contributed by atoms with van der Waals surface area (Å²) >= 11 is 8.20. The number of hydrogen-bond acceptors (Lipinski definition) is 2. The molecule has 0 aliphatic rings. The fourth-order valence-electron chi connectivity index (χ4n) is 2.35. The lowest BCUT2D eigenvalue weighted by Crippen LogP contribution is -2.00. The number of para-hydroxylation sites is 1. The zero-order valence-corrected chi connectivity index (χ0v) is 13.9. The molecule has 3 rings (SSSR count). The van der Waals surface area contributed by atoms with Gasteiger partial charge in [0, 0.05) is 8.59 Å². The van der Waals surface area contributed by atoms with Crippen molar-refractivity contribution >= 4 is 51.2 Å². The summed E-state index contributed by atoms with van der Waals surface area (Å²) in [6.07, 6.45) is 0. The van der Waals surface area contributed by atoms with Crippen LogP contribution < -0.4 is 0 Å². The van der Waals surface area contributed by atoms with E-state index < -0.39 is 5.97 Å². The summed E-state index contributed by atoms with van der Waals surface area (Å²) < 4.78 is 2.92. The first-order valence-corrected chi connectivity index (χ1v) is 7.61. The number of halogens is 2. The second kappa shape index (κ2) is 5.31. The molecular weight excluding hydrogens is 403 g/mol. The minimum Gasteiger partial charge on any atom is -0.478 e. The van der Waals surface area contributed by atoms with E-state index in [0.717, 1.165) is 20.6 Å². The molecule has 0 aliphatic heterocycles. The van der Waals surface area contributed by atoms with Gasteiger partial charge in [0.2, 0.25) is 0 Å². The Morgan fingerprint density at radius 2 is 2.10 bits per heavy atom. The standard InChI is InChI=1S/C15H10ClIN2O2/c1-8-18-14-10(15(20)21)3-2-4-13(14)19(8)12-6-5-9(16)7-11(12)17/h2-7H,1H3,(H,20,21). The van der Waals surface area contributed by atoms with Crippen molar-refractivity contribution in [1.29, 1.82) is 0 Å². The van der Waals surface area contributed by atoms with Gasteiger partial charge < -0.3 is 5.11 Å². The maximum absolute atomic E-state index is 11.3. The normalized spacial score (nSPS) is 11.0. The minimum atomic E-state index is -0.976. The monoisotopic (exact) mass is 412 g/mol. The molecule has 0 radical (unpaired) electrons. The molecule has 0 aliphatic carbocycles. The van der Waals surface area contributed by atoms with E-state index in [2.05, 4.69) is 27.6 Å². The molecule has 0 amide bonds. The SMILES string of the molecule is Cc1nc2c(C(=O)O)cccc2n1-c1ccc(Cl)cc1I. The van der Waals surface area contributed by atoms with Gasteiger partial charge in [0.25, 0.3) is 0 Å². The van der Waals surface area contributed by atoms with Crippen LogP contribution in [0.4, 0.5) is 0 Å².